The molecule has 0 unspecified atom stereocenters. The van der Waals surface area contributed by atoms with E-state index in [1.165, 1.54) is 7.11 Å². The van der Waals surface area contributed by atoms with Crippen molar-refractivity contribution in [3.05, 3.63) is 58.9 Å². The highest BCUT2D eigenvalue weighted by Crippen LogP contribution is 2.27. The van der Waals surface area contributed by atoms with Crippen LogP contribution in [0.3, 0.4) is 0 Å². The Hall–Kier alpha value is -2.60. The molecule has 0 radical (unpaired) electrons. The maximum atomic E-state index is 12.9. The number of ether oxygens (including phenoxy) is 1. The van der Waals surface area contributed by atoms with E-state index in [1.807, 2.05) is 18.2 Å². The van der Waals surface area contributed by atoms with Crippen molar-refractivity contribution in [1.82, 2.24) is 14.8 Å². The molecule has 1 aliphatic heterocycles. The normalized spacial score (nSPS) is 14.6. The Morgan fingerprint density at radius 3 is 2.64 bits per heavy atom. The van der Waals surface area contributed by atoms with E-state index in [9.17, 15) is 9.59 Å². The van der Waals surface area contributed by atoms with E-state index in [4.69, 9.17) is 16.3 Å². The van der Waals surface area contributed by atoms with E-state index in [2.05, 4.69) is 4.98 Å². The van der Waals surface area contributed by atoms with E-state index in [0.29, 0.717) is 48.8 Å². The number of piperidine rings is 1. The van der Waals surface area contributed by atoms with Crippen LogP contribution in [0.2, 0.25) is 5.02 Å². The van der Waals surface area contributed by atoms with Gasteiger partial charge in [-0.3, -0.25) is 14.6 Å². The molecule has 1 aliphatic rings. The van der Waals surface area contributed by atoms with Gasteiger partial charge in [-0.25, -0.2) is 0 Å². The molecule has 0 saturated carbocycles. The van der Waals surface area contributed by atoms with Crippen LogP contribution >= 0.6 is 11.6 Å². The molecule has 0 spiro atoms. The average Bonchev–Trinajstić information content (AvgIpc) is 2.73. The predicted octanol–water partition coefficient (Wildman–Crippen LogP) is 3.25. The molecule has 1 fully saturated rings. The molecular formula is C21H24ClN3O3. The van der Waals surface area contributed by atoms with Crippen molar-refractivity contribution in [3.63, 3.8) is 0 Å². The Morgan fingerprint density at radius 2 is 2.00 bits per heavy atom. The summed E-state index contributed by atoms with van der Waals surface area (Å²) in [6.45, 7) is 1.54. The van der Waals surface area contributed by atoms with E-state index < -0.39 is 0 Å². The molecule has 7 heteroatoms. The first-order valence-electron chi connectivity index (χ1n) is 9.27. The molecule has 3 rings (SSSR count). The molecule has 148 valence electrons. The summed E-state index contributed by atoms with van der Waals surface area (Å²) < 4.78 is 5.29. The van der Waals surface area contributed by atoms with Crippen molar-refractivity contribution in [2.45, 2.75) is 19.4 Å². The lowest BCUT2D eigenvalue weighted by molar-refractivity contribution is -0.136. The van der Waals surface area contributed by atoms with Crippen LogP contribution in [0.5, 0.6) is 5.75 Å². The van der Waals surface area contributed by atoms with Gasteiger partial charge in [-0.1, -0.05) is 17.7 Å². The van der Waals surface area contributed by atoms with E-state index in [-0.39, 0.29) is 17.7 Å². The Kier molecular flexibility index (Phi) is 6.52. The minimum Gasteiger partial charge on any atom is -0.496 e. The highest BCUT2D eigenvalue weighted by molar-refractivity contribution is 6.31. The van der Waals surface area contributed by atoms with Gasteiger partial charge >= 0.3 is 0 Å². The van der Waals surface area contributed by atoms with Crippen molar-refractivity contribution < 1.29 is 14.3 Å². The zero-order valence-corrected chi connectivity index (χ0v) is 16.9. The number of carbonyl (C=O) groups excluding carboxylic acids is 2. The second-order valence-corrected chi connectivity index (χ2v) is 7.36. The number of nitrogens with zero attached hydrogens (tertiary/aromatic N) is 3. The summed E-state index contributed by atoms with van der Waals surface area (Å²) in [4.78, 5) is 33.4. The van der Waals surface area contributed by atoms with Crippen molar-refractivity contribution in [2.75, 3.05) is 27.2 Å². The number of hydrogen-bond acceptors (Lipinski definition) is 4. The van der Waals surface area contributed by atoms with Crippen LogP contribution in [0.15, 0.2) is 42.6 Å². The average molecular weight is 402 g/mol. The summed E-state index contributed by atoms with van der Waals surface area (Å²) in [7, 11) is 3.33. The lowest BCUT2D eigenvalue weighted by Gasteiger charge is -2.33. The largest absolute Gasteiger partial charge is 0.496 e. The SMILES string of the molecule is COc1ccc(Cl)cc1C(=O)N1CCC(C(=O)N(C)Cc2ccccn2)CC1. The van der Waals surface area contributed by atoms with Crippen LogP contribution in [0.25, 0.3) is 0 Å². The Bertz CT molecular complexity index is 836. The van der Waals surface area contributed by atoms with Crippen LogP contribution in [0.1, 0.15) is 28.9 Å². The fraction of sp³-hybridized carbons (Fsp3) is 0.381. The molecule has 28 heavy (non-hydrogen) atoms. The minimum atomic E-state index is -0.118. The van der Waals surface area contributed by atoms with Gasteiger partial charge in [0.1, 0.15) is 5.75 Å². The Morgan fingerprint density at radius 1 is 1.25 bits per heavy atom. The predicted molar refractivity (Wildman–Crippen MR) is 107 cm³/mol. The molecule has 2 heterocycles. The highest BCUT2D eigenvalue weighted by Gasteiger charge is 2.30. The number of rotatable bonds is 5. The number of halogens is 1. The highest BCUT2D eigenvalue weighted by atomic mass is 35.5. The number of aromatic nitrogens is 1. The van der Waals surface area contributed by atoms with Crippen molar-refractivity contribution in [1.29, 1.82) is 0 Å². The van der Waals surface area contributed by atoms with Gasteiger partial charge < -0.3 is 14.5 Å². The molecule has 6 nitrogen and oxygen atoms in total. The minimum absolute atomic E-state index is 0.0842. The molecular weight excluding hydrogens is 378 g/mol. The maximum Gasteiger partial charge on any atom is 0.257 e. The third-order valence-electron chi connectivity index (χ3n) is 5.02. The van der Waals surface area contributed by atoms with Crippen molar-refractivity contribution in [2.24, 2.45) is 5.92 Å². The first-order valence-corrected chi connectivity index (χ1v) is 9.65. The summed E-state index contributed by atoms with van der Waals surface area (Å²) in [5.41, 5.74) is 1.31. The van der Waals surface area contributed by atoms with E-state index >= 15 is 0 Å². The summed E-state index contributed by atoms with van der Waals surface area (Å²) >= 11 is 6.04. The van der Waals surface area contributed by atoms with Gasteiger partial charge in [0.15, 0.2) is 0 Å². The monoisotopic (exact) mass is 401 g/mol. The van der Waals surface area contributed by atoms with Gasteiger partial charge in [0.25, 0.3) is 5.91 Å². The summed E-state index contributed by atoms with van der Waals surface area (Å²) in [6.07, 6.45) is 3.00. The number of carbonyl (C=O) groups is 2. The van der Waals surface area contributed by atoms with Crippen molar-refractivity contribution in [3.8, 4) is 5.75 Å². The zero-order chi connectivity index (χ0) is 20.1. The quantitative estimate of drug-likeness (QED) is 0.771. The van der Waals surface area contributed by atoms with Crippen LogP contribution in [0, 0.1) is 5.92 Å². The second-order valence-electron chi connectivity index (χ2n) is 6.93. The fourth-order valence-electron chi connectivity index (χ4n) is 3.47. The lowest BCUT2D eigenvalue weighted by atomic mass is 9.94. The summed E-state index contributed by atoms with van der Waals surface area (Å²) in [5.74, 6) is 0.395. The van der Waals surface area contributed by atoms with Crippen LogP contribution in [-0.4, -0.2) is 53.8 Å². The molecule has 0 bridgehead atoms. The third kappa shape index (κ3) is 4.62. The molecule has 0 aliphatic carbocycles. The summed E-state index contributed by atoms with van der Waals surface area (Å²) in [5, 5.41) is 0.491. The molecule has 1 saturated heterocycles. The van der Waals surface area contributed by atoms with Gasteiger partial charge in [-0.2, -0.15) is 0 Å². The molecule has 0 N–H and O–H groups in total. The van der Waals surface area contributed by atoms with Crippen LogP contribution in [-0.2, 0) is 11.3 Å². The maximum absolute atomic E-state index is 12.9. The molecule has 0 atom stereocenters. The van der Waals surface area contributed by atoms with Gasteiger partial charge in [0.2, 0.25) is 5.91 Å². The number of methoxy groups -OCH3 is 1. The first kappa shape index (κ1) is 20.1. The lowest BCUT2D eigenvalue weighted by Crippen LogP contribution is -2.43. The number of benzene rings is 1. The second kappa shape index (κ2) is 9.06. The molecule has 2 aromatic rings. The number of hydrogen-bond donors (Lipinski definition) is 0. The standard InChI is InChI=1S/C21H24ClN3O3/c1-24(14-17-5-3-4-10-23-17)20(26)15-8-11-25(12-9-15)21(27)18-13-16(22)6-7-19(18)28-2/h3-7,10,13,15H,8-9,11-12,14H2,1-2H3. The van der Waals surface area contributed by atoms with E-state index in [1.54, 1.807) is 41.2 Å². The van der Waals surface area contributed by atoms with Gasteiger partial charge in [-0.15, -0.1) is 0 Å². The van der Waals surface area contributed by atoms with E-state index in [0.717, 1.165) is 5.69 Å². The Balaban J connectivity index is 1.59. The number of amides is 2. The molecule has 2 amide bonds. The van der Waals surface area contributed by atoms with Crippen molar-refractivity contribution >= 4 is 23.4 Å². The fourth-order valence-corrected chi connectivity index (χ4v) is 3.64. The van der Waals surface area contributed by atoms with Gasteiger partial charge in [-0.05, 0) is 43.2 Å². The number of likely N-dealkylation sites (tertiary alicyclic amines) is 1. The Labute approximate surface area is 170 Å². The first-order chi connectivity index (χ1) is 13.5. The number of pyridine rings is 1. The zero-order valence-electron chi connectivity index (χ0n) is 16.1. The van der Waals surface area contributed by atoms with Crippen LogP contribution in [0.4, 0.5) is 0 Å². The topological polar surface area (TPSA) is 62.7 Å². The van der Waals surface area contributed by atoms with Gasteiger partial charge in [0, 0.05) is 37.3 Å². The third-order valence-corrected chi connectivity index (χ3v) is 5.26. The molecule has 1 aromatic heterocycles. The smallest absolute Gasteiger partial charge is 0.257 e. The van der Waals surface area contributed by atoms with Crippen LogP contribution < -0.4 is 4.74 Å². The van der Waals surface area contributed by atoms with Gasteiger partial charge in [0.05, 0.1) is 24.9 Å². The summed E-state index contributed by atoms with van der Waals surface area (Å²) in [6, 6.07) is 10.7. The molecule has 1 aromatic carbocycles.